The number of carboxylic acids is 2. The van der Waals surface area contributed by atoms with E-state index in [4.69, 9.17) is 5.73 Å². The van der Waals surface area contributed by atoms with Crippen molar-refractivity contribution in [3.05, 3.63) is 0 Å². The summed E-state index contributed by atoms with van der Waals surface area (Å²) >= 11 is 0. The summed E-state index contributed by atoms with van der Waals surface area (Å²) in [5, 5.41) is 18.9. The molecule has 0 aliphatic heterocycles. The first-order valence-corrected chi connectivity index (χ1v) is 7.92. The minimum absolute atomic E-state index is 0.0465. The molecule has 0 radical (unpaired) electrons. The molecule has 0 unspecified atom stereocenters. The van der Waals surface area contributed by atoms with E-state index in [9.17, 15) is 19.8 Å². The maximum atomic E-state index is 11.6. The van der Waals surface area contributed by atoms with Crippen molar-refractivity contribution in [3.8, 4) is 0 Å². The highest BCUT2D eigenvalue weighted by molar-refractivity contribution is 5.85. The van der Waals surface area contributed by atoms with Crippen LogP contribution in [0.15, 0.2) is 0 Å². The Morgan fingerprint density at radius 1 is 1.14 bits per heavy atom. The lowest BCUT2D eigenvalue weighted by atomic mass is 9.89. The normalized spacial score (nSPS) is 45.2. The Hall–Kier alpha value is -1.14. The van der Waals surface area contributed by atoms with Gasteiger partial charge in [0.25, 0.3) is 0 Å². The van der Waals surface area contributed by atoms with Gasteiger partial charge in [0.2, 0.25) is 0 Å². The SMILES string of the molecule is C[N+](C1CC1)(C1CC1)[C@H]1C[C@](N)(C(=O)O)[C@@H]2[C@H](C(=O)O)[C@H]21. The maximum Gasteiger partial charge on any atom is 0.324 e. The highest BCUT2D eigenvalue weighted by Crippen LogP contribution is 2.66. The fraction of sp³-hybridized carbons (Fsp3) is 0.867. The van der Waals surface area contributed by atoms with Crippen LogP contribution in [0.3, 0.4) is 0 Å². The molecule has 0 aromatic rings. The zero-order valence-corrected chi connectivity index (χ0v) is 12.2. The third-order valence-corrected chi connectivity index (χ3v) is 6.73. The standard InChI is InChI=1S/C15H22N2O4/c1-17(7-2-3-7,8-4-5-8)9-6-15(16,14(20)21)12-10(9)11(12)13(18)19/h7-12H,2-6,16H2,1H3,(H-,18,19,20,21)/p+1/t9-,10+,11+,12-,15+/m0/s1. The van der Waals surface area contributed by atoms with E-state index < -0.39 is 23.4 Å². The van der Waals surface area contributed by atoms with Gasteiger partial charge in [-0.05, 0) is 0 Å². The Morgan fingerprint density at radius 2 is 1.67 bits per heavy atom. The van der Waals surface area contributed by atoms with Crippen molar-refractivity contribution in [2.45, 2.75) is 55.8 Å². The summed E-state index contributed by atoms with van der Waals surface area (Å²) in [5.41, 5.74) is 4.83. The van der Waals surface area contributed by atoms with Gasteiger partial charge in [0, 0.05) is 43.9 Å². The first kappa shape index (κ1) is 13.5. The number of fused-ring (bicyclic) bond motifs is 1. The minimum atomic E-state index is -1.35. The number of nitrogens with two attached hydrogens (primary N) is 1. The monoisotopic (exact) mass is 295 g/mol. The number of carboxylic acid groups (broad SMARTS) is 2. The van der Waals surface area contributed by atoms with Crippen LogP contribution in [0.2, 0.25) is 0 Å². The van der Waals surface area contributed by atoms with Crippen LogP contribution in [-0.4, -0.2) is 57.3 Å². The predicted octanol–water partition coefficient (Wildman–Crippen LogP) is 0.259. The van der Waals surface area contributed by atoms with Gasteiger partial charge in [-0.2, -0.15) is 0 Å². The molecule has 0 saturated heterocycles. The van der Waals surface area contributed by atoms with Crippen molar-refractivity contribution in [2.75, 3.05) is 7.05 Å². The number of rotatable bonds is 5. The van der Waals surface area contributed by atoms with E-state index in [1.165, 1.54) is 25.7 Å². The quantitative estimate of drug-likeness (QED) is 0.632. The summed E-state index contributed by atoms with van der Waals surface area (Å²) in [6.07, 6.45) is 5.17. The molecular formula is C15H23N2O4+. The largest absolute Gasteiger partial charge is 0.481 e. The molecule has 0 aromatic carbocycles. The number of quaternary nitrogens is 1. The topological polar surface area (TPSA) is 101 Å². The molecule has 4 saturated carbocycles. The molecule has 0 amide bonds. The Labute approximate surface area is 123 Å². The molecule has 4 fully saturated rings. The Balaban J connectivity index is 1.70. The van der Waals surface area contributed by atoms with Crippen LogP contribution in [0, 0.1) is 17.8 Å². The average molecular weight is 295 g/mol. The van der Waals surface area contributed by atoms with Gasteiger partial charge in [0.1, 0.15) is 5.54 Å². The molecule has 4 N–H and O–H groups in total. The molecule has 0 aromatic heterocycles. The average Bonchev–Trinajstić information content (AvgIpc) is 3.26. The summed E-state index contributed by atoms with van der Waals surface area (Å²) in [5.74, 6) is -2.88. The van der Waals surface area contributed by atoms with Gasteiger partial charge in [-0.25, -0.2) is 0 Å². The van der Waals surface area contributed by atoms with Crippen molar-refractivity contribution in [1.29, 1.82) is 0 Å². The second-order valence-corrected chi connectivity index (χ2v) is 7.77. The van der Waals surface area contributed by atoms with Gasteiger partial charge < -0.3 is 20.4 Å². The van der Waals surface area contributed by atoms with E-state index in [2.05, 4.69) is 7.05 Å². The summed E-state index contributed by atoms with van der Waals surface area (Å²) in [7, 11) is 2.22. The van der Waals surface area contributed by atoms with Crippen LogP contribution >= 0.6 is 0 Å². The smallest absolute Gasteiger partial charge is 0.324 e. The van der Waals surface area contributed by atoms with E-state index >= 15 is 0 Å². The summed E-state index contributed by atoms with van der Waals surface area (Å²) in [4.78, 5) is 23.1. The van der Waals surface area contributed by atoms with Crippen LogP contribution in [0.1, 0.15) is 32.1 Å². The van der Waals surface area contributed by atoms with Crippen molar-refractivity contribution in [2.24, 2.45) is 23.5 Å². The molecule has 116 valence electrons. The number of hydrogen-bond donors (Lipinski definition) is 3. The minimum Gasteiger partial charge on any atom is -0.481 e. The van der Waals surface area contributed by atoms with Crippen LogP contribution in [0.4, 0.5) is 0 Å². The van der Waals surface area contributed by atoms with Gasteiger partial charge in [-0.1, -0.05) is 0 Å². The fourth-order valence-electron chi connectivity index (χ4n) is 5.31. The Bertz CT molecular complexity index is 516. The maximum absolute atomic E-state index is 11.6. The third-order valence-electron chi connectivity index (χ3n) is 6.73. The van der Waals surface area contributed by atoms with Gasteiger partial charge in [0.05, 0.1) is 31.1 Å². The molecule has 0 bridgehead atoms. The molecule has 4 aliphatic carbocycles. The van der Waals surface area contributed by atoms with E-state index in [1.807, 2.05) is 0 Å². The molecule has 0 spiro atoms. The summed E-state index contributed by atoms with van der Waals surface area (Å²) in [6, 6.07) is 1.29. The highest BCUT2D eigenvalue weighted by atomic mass is 16.4. The summed E-state index contributed by atoms with van der Waals surface area (Å²) < 4.78 is 0.886. The Kier molecular flexibility index (Phi) is 2.44. The Morgan fingerprint density at radius 3 is 2.05 bits per heavy atom. The van der Waals surface area contributed by atoms with Gasteiger partial charge >= 0.3 is 11.9 Å². The molecule has 6 nitrogen and oxygen atoms in total. The van der Waals surface area contributed by atoms with E-state index in [1.54, 1.807) is 0 Å². The van der Waals surface area contributed by atoms with E-state index in [0.29, 0.717) is 18.5 Å². The predicted molar refractivity (Wildman–Crippen MR) is 73.3 cm³/mol. The van der Waals surface area contributed by atoms with Crippen molar-refractivity contribution >= 4 is 11.9 Å². The zero-order chi connectivity index (χ0) is 15.2. The van der Waals surface area contributed by atoms with E-state index in [0.717, 1.165) is 4.48 Å². The van der Waals surface area contributed by atoms with Crippen LogP contribution in [0.5, 0.6) is 0 Å². The molecular weight excluding hydrogens is 272 g/mol. The molecule has 4 rings (SSSR count). The van der Waals surface area contributed by atoms with Gasteiger partial charge in [0.15, 0.2) is 0 Å². The first-order chi connectivity index (χ1) is 9.81. The lowest BCUT2D eigenvalue weighted by molar-refractivity contribution is -0.955. The van der Waals surface area contributed by atoms with Gasteiger partial charge in [-0.15, -0.1) is 0 Å². The van der Waals surface area contributed by atoms with Gasteiger partial charge in [-0.3, -0.25) is 9.59 Å². The molecule has 0 heterocycles. The second-order valence-electron chi connectivity index (χ2n) is 7.77. The van der Waals surface area contributed by atoms with Crippen molar-refractivity contribution in [3.63, 3.8) is 0 Å². The second kappa shape index (κ2) is 3.79. The lowest BCUT2D eigenvalue weighted by Gasteiger charge is -2.43. The van der Waals surface area contributed by atoms with Crippen LogP contribution in [0.25, 0.3) is 0 Å². The zero-order valence-electron chi connectivity index (χ0n) is 12.2. The molecule has 4 aliphatic rings. The highest BCUT2D eigenvalue weighted by Gasteiger charge is 2.79. The number of nitrogens with zero attached hydrogens (tertiary/aromatic N) is 1. The molecule has 21 heavy (non-hydrogen) atoms. The van der Waals surface area contributed by atoms with Crippen LogP contribution < -0.4 is 5.73 Å². The number of aliphatic carboxylic acids is 2. The van der Waals surface area contributed by atoms with Crippen molar-refractivity contribution in [1.82, 2.24) is 0 Å². The number of carbonyl (C=O) groups is 2. The lowest BCUT2D eigenvalue weighted by Crippen LogP contribution is -2.59. The molecule has 6 heteroatoms. The molecule has 5 atom stereocenters. The fourth-order valence-corrected chi connectivity index (χ4v) is 5.31. The summed E-state index contributed by atoms with van der Waals surface area (Å²) in [6.45, 7) is 0. The van der Waals surface area contributed by atoms with E-state index in [-0.39, 0.29) is 17.9 Å². The van der Waals surface area contributed by atoms with Crippen molar-refractivity contribution < 1.29 is 24.3 Å². The number of hydrogen-bond acceptors (Lipinski definition) is 3. The third kappa shape index (κ3) is 1.60. The first-order valence-electron chi connectivity index (χ1n) is 7.92. The van der Waals surface area contributed by atoms with Crippen LogP contribution in [-0.2, 0) is 9.59 Å².